The minimum Gasteiger partial charge on any atom is -0.489 e. The molecule has 32 heavy (non-hydrogen) atoms. The van der Waals surface area contributed by atoms with Gasteiger partial charge >= 0.3 is 0 Å². The summed E-state index contributed by atoms with van der Waals surface area (Å²) in [5.74, 6) is 0.961. The van der Waals surface area contributed by atoms with Gasteiger partial charge in [-0.3, -0.25) is 4.79 Å². The zero-order chi connectivity index (χ0) is 21.9. The third kappa shape index (κ3) is 4.02. The molecule has 1 heterocycles. The van der Waals surface area contributed by atoms with Crippen LogP contribution in [0.25, 0.3) is 11.1 Å². The lowest BCUT2D eigenvalue weighted by molar-refractivity contribution is -0.124. The predicted octanol–water partition coefficient (Wildman–Crippen LogP) is 6.72. The highest BCUT2D eigenvalue weighted by atomic mass is 16.5. The van der Waals surface area contributed by atoms with Crippen molar-refractivity contribution in [3.63, 3.8) is 0 Å². The summed E-state index contributed by atoms with van der Waals surface area (Å²) in [5.41, 5.74) is 6.57. The minimum atomic E-state index is -0.0252. The van der Waals surface area contributed by atoms with Gasteiger partial charge in [-0.05, 0) is 41.8 Å². The number of para-hydroxylation sites is 1. The number of carbonyl (C=O) groups is 1. The van der Waals surface area contributed by atoms with Gasteiger partial charge in [0, 0.05) is 11.3 Å². The Morgan fingerprint density at radius 2 is 1.47 bits per heavy atom. The summed E-state index contributed by atoms with van der Waals surface area (Å²) in [6, 6.07) is 34.8. The van der Waals surface area contributed by atoms with Crippen LogP contribution in [0.2, 0.25) is 0 Å². The van der Waals surface area contributed by atoms with E-state index in [2.05, 4.69) is 61.5 Å². The van der Waals surface area contributed by atoms with E-state index < -0.39 is 0 Å². The van der Waals surface area contributed by atoms with E-state index in [1.165, 1.54) is 5.56 Å². The van der Waals surface area contributed by atoms with Crippen LogP contribution in [0.4, 0.5) is 5.69 Å². The van der Waals surface area contributed by atoms with Gasteiger partial charge in [-0.25, -0.2) is 0 Å². The maximum atomic E-state index is 12.5. The van der Waals surface area contributed by atoms with Gasteiger partial charge < -0.3 is 9.64 Å². The molecule has 5 rings (SSSR count). The van der Waals surface area contributed by atoms with Crippen molar-refractivity contribution in [2.75, 3.05) is 4.90 Å². The van der Waals surface area contributed by atoms with Crippen LogP contribution in [0.15, 0.2) is 103 Å². The van der Waals surface area contributed by atoms with Crippen molar-refractivity contribution in [1.82, 2.24) is 0 Å². The van der Waals surface area contributed by atoms with Crippen molar-refractivity contribution in [3.8, 4) is 16.9 Å². The topological polar surface area (TPSA) is 29.5 Å². The summed E-state index contributed by atoms with van der Waals surface area (Å²) in [6.45, 7) is 2.57. The van der Waals surface area contributed by atoms with E-state index in [9.17, 15) is 4.79 Å². The van der Waals surface area contributed by atoms with Crippen molar-refractivity contribution in [2.45, 2.75) is 26.0 Å². The second-order valence-electron chi connectivity index (χ2n) is 8.21. The van der Waals surface area contributed by atoms with E-state index >= 15 is 0 Å². The standard InChI is InChI=1S/C29H25NO2/c1-21-12-14-23(15-13-21)24-16-17-26(28(18-24)32-20-22-8-4-2-5-9-22)27-19-29(31)30(27)25-10-6-3-7-11-25/h2-18,27H,19-20H2,1H3. The van der Waals surface area contributed by atoms with Crippen LogP contribution in [0, 0.1) is 6.92 Å². The van der Waals surface area contributed by atoms with Gasteiger partial charge in [-0.1, -0.05) is 90.5 Å². The first-order valence-corrected chi connectivity index (χ1v) is 10.9. The summed E-state index contributed by atoms with van der Waals surface area (Å²) in [5, 5.41) is 0. The Morgan fingerprint density at radius 3 is 2.16 bits per heavy atom. The van der Waals surface area contributed by atoms with Gasteiger partial charge in [0.1, 0.15) is 12.4 Å². The average molecular weight is 420 g/mol. The van der Waals surface area contributed by atoms with E-state index in [0.717, 1.165) is 33.7 Å². The molecule has 4 aromatic rings. The molecule has 1 saturated heterocycles. The highest BCUT2D eigenvalue weighted by Crippen LogP contribution is 2.43. The van der Waals surface area contributed by atoms with Gasteiger partial charge in [0.25, 0.3) is 0 Å². The fraction of sp³-hybridized carbons (Fsp3) is 0.138. The number of ether oxygens (including phenoxy) is 1. The molecule has 0 aliphatic carbocycles. The number of carbonyl (C=O) groups excluding carboxylic acids is 1. The monoisotopic (exact) mass is 419 g/mol. The van der Waals surface area contributed by atoms with Gasteiger partial charge in [0.05, 0.1) is 12.5 Å². The normalized spacial score (nSPS) is 15.3. The molecule has 1 aliphatic rings. The Balaban J connectivity index is 1.50. The van der Waals surface area contributed by atoms with Crippen LogP contribution in [0.5, 0.6) is 5.75 Å². The largest absolute Gasteiger partial charge is 0.489 e. The number of aryl methyl sites for hydroxylation is 1. The lowest BCUT2D eigenvalue weighted by Gasteiger charge is -2.41. The highest BCUT2D eigenvalue weighted by Gasteiger charge is 2.39. The molecular weight excluding hydrogens is 394 g/mol. The molecule has 1 aliphatic heterocycles. The minimum absolute atomic E-state index is 0.0252. The lowest BCUT2D eigenvalue weighted by atomic mass is 9.90. The van der Waals surface area contributed by atoms with Crippen LogP contribution in [-0.2, 0) is 11.4 Å². The molecule has 3 nitrogen and oxygen atoms in total. The molecule has 0 saturated carbocycles. The second kappa shape index (κ2) is 8.72. The number of hydrogen-bond acceptors (Lipinski definition) is 2. The van der Waals surface area contributed by atoms with E-state index in [1.54, 1.807) is 0 Å². The van der Waals surface area contributed by atoms with Crippen LogP contribution in [-0.4, -0.2) is 5.91 Å². The molecule has 4 aromatic carbocycles. The molecule has 0 bridgehead atoms. The van der Waals surface area contributed by atoms with Gasteiger partial charge in [-0.15, -0.1) is 0 Å². The van der Waals surface area contributed by atoms with Gasteiger partial charge in [-0.2, -0.15) is 0 Å². The molecule has 3 heteroatoms. The molecule has 1 fully saturated rings. The number of benzene rings is 4. The Bertz CT molecular complexity index is 1220. The summed E-state index contributed by atoms with van der Waals surface area (Å²) in [7, 11) is 0. The maximum Gasteiger partial charge on any atom is 0.230 e. The molecule has 158 valence electrons. The third-order valence-electron chi connectivity index (χ3n) is 5.98. The van der Waals surface area contributed by atoms with Gasteiger partial charge in [0.15, 0.2) is 0 Å². The lowest BCUT2D eigenvalue weighted by Crippen LogP contribution is -2.46. The SMILES string of the molecule is Cc1ccc(-c2ccc(C3CC(=O)N3c3ccccc3)c(OCc3ccccc3)c2)cc1. The first-order chi connectivity index (χ1) is 15.7. The predicted molar refractivity (Wildman–Crippen MR) is 129 cm³/mol. The average Bonchev–Trinajstić information content (AvgIpc) is 2.83. The fourth-order valence-corrected chi connectivity index (χ4v) is 4.17. The van der Waals surface area contributed by atoms with E-state index in [0.29, 0.717) is 13.0 Å². The first kappa shape index (κ1) is 20.1. The molecular formula is C29H25NO2. The molecule has 1 amide bonds. The number of β-lactam (4-membered cyclic amide) rings is 1. The smallest absolute Gasteiger partial charge is 0.230 e. The molecule has 0 aromatic heterocycles. The summed E-state index contributed by atoms with van der Waals surface area (Å²) in [6.07, 6.45) is 0.487. The number of hydrogen-bond donors (Lipinski definition) is 0. The molecule has 0 N–H and O–H groups in total. The number of amides is 1. The Kier molecular flexibility index (Phi) is 5.47. The maximum absolute atomic E-state index is 12.5. The quantitative estimate of drug-likeness (QED) is 0.325. The number of anilines is 1. The Hall–Kier alpha value is -3.85. The number of nitrogens with zero attached hydrogens (tertiary/aromatic N) is 1. The van der Waals surface area contributed by atoms with Crippen molar-refractivity contribution in [1.29, 1.82) is 0 Å². The van der Waals surface area contributed by atoms with Crippen molar-refractivity contribution in [2.24, 2.45) is 0 Å². The summed E-state index contributed by atoms with van der Waals surface area (Å²) < 4.78 is 6.35. The zero-order valence-corrected chi connectivity index (χ0v) is 18.1. The first-order valence-electron chi connectivity index (χ1n) is 10.9. The molecule has 0 spiro atoms. The fourth-order valence-electron chi connectivity index (χ4n) is 4.17. The molecule has 1 atom stereocenters. The summed E-state index contributed by atoms with van der Waals surface area (Å²) >= 11 is 0. The summed E-state index contributed by atoms with van der Waals surface area (Å²) in [4.78, 5) is 14.4. The third-order valence-corrected chi connectivity index (χ3v) is 5.98. The van der Waals surface area contributed by atoms with Crippen molar-refractivity contribution >= 4 is 11.6 Å². The molecule has 0 radical (unpaired) electrons. The van der Waals surface area contributed by atoms with Crippen LogP contribution in [0.1, 0.15) is 29.2 Å². The van der Waals surface area contributed by atoms with Crippen LogP contribution in [0.3, 0.4) is 0 Å². The van der Waals surface area contributed by atoms with Crippen molar-refractivity contribution in [3.05, 3.63) is 120 Å². The van der Waals surface area contributed by atoms with E-state index in [4.69, 9.17) is 4.74 Å². The Labute approximate surface area is 188 Å². The van der Waals surface area contributed by atoms with Gasteiger partial charge in [0.2, 0.25) is 5.91 Å². The van der Waals surface area contributed by atoms with Crippen LogP contribution < -0.4 is 9.64 Å². The Morgan fingerprint density at radius 1 is 0.812 bits per heavy atom. The highest BCUT2D eigenvalue weighted by molar-refractivity contribution is 6.01. The van der Waals surface area contributed by atoms with E-state index in [-0.39, 0.29) is 11.9 Å². The second-order valence-corrected chi connectivity index (χ2v) is 8.21. The number of rotatable bonds is 6. The van der Waals surface area contributed by atoms with Crippen molar-refractivity contribution < 1.29 is 9.53 Å². The van der Waals surface area contributed by atoms with E-state index in [1.807, 2.05) is 53.4 Å². The molecule has 1 unspecified atom stereocenters. The zero-order valence-electron chi connectivity index (χ0n) is 18.1. The van der Waals surface area contributed by atoms with Crippen LogP contribution >= 0.6 is 0 Å².